The van der Waals surface area contributed by atoms with E-state index in [1.54, 1.807) is 12.4 Å². The maximum Gasteiger partial charge on any atom is 0.115 e. The molecule has 1 saturated heterocycles. The summed E-state index contributed by atoms with van der Waals surface area (Å²) in [6.45, 7) is 7.96. The molecule has 3 heteroatoms. The lowest BCUT2D eigenvalue weighted by Gasteiger charge is -1.81. The molecule has 0 aliphatic carbocycles. The number of epoxide rings is 1. The van der Waals surface area contributed by atoms with Crippen LogP contribution >= 0.6 is 0 Å². The van der Waals surface area contributed by atoms with Crippen molar-refractivity contribution in [3.8, 4) is 0 Å². The van der Waals surface area contributed by atoms with E-state index < -0.39 is 0 Å². The summed E-state index contributed by atoms with van der Waals surface area (Å²) in [6, 6.07) is 0. The third-order valence-corrected chi connectivity index (χ3v) is 0.894. The average Bonchev–Trinajstić information content (AvgIpc) is 2.95. The molecule has 0 spiro atoms. The number of rotatable bonds is 0. The number of aromatic nitrogens is 2. The van der Waals surface area contributed by atoms with Crippen LogP contribution in [-0.4, -0.2) is 23.2 Å². The predicted octanol–water partition coefficient (Wildman–Crippen LogP) is 1.83. The molecule has 2 rings (SSSR count). The summed E-state index contributed by atoms with van der Waals surface area (Å²) < 4.78 is 4.50. The third kappa shape index (κ3) is 9.04. The SMILES string of the molecule is C1CO1.CC.Cc1cncnc1. The van der Waals surface area contributed by atoms with Crippen molar-refractivity contribution < 1.29 is 4.74 Å². The van der Waals surface area contributed by atoms with Crippen LogP contribution in [0.4, 0.5) is 0 Å². The summed E-state index contributed by atoms with van der Waals surface area (Å²) >= 11 is 0. The van der Waals surface area contributed by atoms with Crippen molar-refractivity contribution >= 4 is 0 Å². The molecule has 2 heterocycles. The zero-order chi connectivity index (χ0) is 9.23. The van der Waals surface area contributed by atoms with Gasteiger partial charge in [-0.25, -0.2) is 9.97 Å². The van der Waals surface area contributed by atoms with E-state index >= 15 is 0 Å². The number of aryl methyl sites for hydroxylation is 1. The van der Waals surface area contributed by atoms with E-state index in [1.165, 1.54) is 6.33 Å². The third-order valence-electron chi connectivity index (χ3n) is 0.894. The van der Waals surface area contributed by atoms with Crippen LogP contribution in [0.15, 0.2) is 18.7 Å². The Balaban J connectivity index is 0.000000202. The van der Waals surface area contributed by atoms with Crippen LogP contribution in [0.5, 0.6) is 0 Å². The Hall–Kier alpha value is -0.960. The van der Waals surface area contributed by atoms with Gasteiger partial charge >= 0.3 is 0 Å². The molecule has 0 radical (unpaired) electrons. The van der Waals surface area contributed by atoms with Gasteiger partial charge in [-0.1, -0.05) is 13.8 Å². The van der Waals surface area contributed by atoms with E-state index in [-0.39, 0.29) is 0 Å². The molecular formula is C9H16N2O. The molecule has 1 aliphatic rings. The van der Waals surface area contributed by atoms with Crippen LogP contribution < -0.4 is 0 Å². The normalized spacial score (nSPS) is 11.6. The van der Waals surface area contributed by atoms with E-state index in [2.05, 4.69) is 14.7 Å². The molecule has 68 valence electrons. The Morgan fingerprint density at radius 1 is 1.17 bits per heavy atom. The summed E-state index contributed by atoms with van der Waals surface area (Å²) in [4.78, 5) is 7.55. The van der Waals surface area contributed by atoms with Gasteiger partial charge in [-0.15, -0.1) is 0 Å². The highest BCUT2D eigenvalue weighted by atomic mass is 16.6. The van der Waals surface area contributed by atoms with Gasteiger partial charge in [0.15, 0.2) is 0 Å². The lowest BCUT2D eigenvalue weighted by Crippen LogP contribution is -1.75. The zero-order valence-corrected chi connectivity index (χ0v) is 7.95. The number of hydrogen-bond donors (Lipinski definition) is 0. The first kappa shape index (κ1) is 11.0. The molecule has 0 unspecified atom stereocenters. The zero-order valence-electron chi connectivity index (χ0n) is 7.95. The van der Waals surface area contributed by atoms with Crippen molar-refractivity contribution in [3.05, 3.63) is 24.3 Å². The number of nitrogens with zero attached hydrogens (tertiary/aromatic N) is 2. The minimum Gasteiger partial charge on any atom is -0.377 e. The second-order valence-corrected chi connectivity index (χ2v) is 2.03. The molecular weight excluding hydrogens is 152 g/mol. The van der Waals surface area contributed by atoms with Gasteiger partial charge in [0.25, 0.3) is 0 Å². The van der Waals surface area contributed by atoms with Crippen molar-refractivity contribution in [3.63, 3.8) is 0 Å². The van der Waals surface area contributed by atoms with Crippen molar-refractivity contribution in [2.75, 3.05) is 13.2 Å². The summed E-state index contributed by atoms with van der Waals surface area (Å²) in [5.41, 5.74) is 1.10. The summed E-state index contributed by atoms with van der Waals surface area (Å²) in [5, 5.41) is 0. The minimum absolute atomic E-state index is 1.00. The first-order valence-corrected chi connectivity index (χ1v) is 4.19. The molecule has 0 bridgehead atoms. The Kier molecular flexibility index (Phi) is 7.49. The van der Waals surface area contributed by atoms with Crippen LogP contribution in [-0.2, 0) is 4.74 Å². The topological polar surface area (TPSA) is 38.3 Å². The van der Waals surface area contributed by atoms with Crippen LogP contribution in [0.1, 0.15) is 19.4 Å². The van der Waals surface area contributed by atoms with Gasteiger partial charge in [0.05, 0.1) is 13.2 Å². The molecule has 1 aliphatic heterocycles. The van der Waals surface area contributed by atoms with E-state index in [0.29, 0.717) is 0 Å². The van der Waals surface area contributed by atoms with Gasteiger partial charge in [0, 0.05) is 12.4 Å². The standard InChI is InChI=1S/C5H6N2.C2H4O.C2H6/c1-5-2-6-4-7-3-5;1-2-3-1;1-2/h2-4H,1H3;1-2H2;1-2H3. The highest BCUT2D eigenvalue weighted by Gasteiger charge is 1.94. The Bertz CT molecular complexity index is 172. The monoisotopic (exact) mass is 168 g/mol. The fourth-order valence-electron chi connectivity index (χ4n) is 0.374. The predicted molar refractivity (Wildman–Crippen MR) is 48.9 cm³/mol. The molecule has 1 fully saturated rings. The summed E-state index contributed by atoms with van der Waals surface area (Å²) in [5.74, 6) is 0. The van der Waals surface area contributed by atoms with Crippen LogP contribution in [0.25, 0.3) is 0 Å². The maximum absolute atomic E-state index is 4.50. The van der Waals surface area contributed by atoms with Gasteiger partial charge in [-0.3, -0.25) is 0 Å². The molecule has 1 aromatic rings. The highest BCUT2D eigenvalue weighted by Crippen LogP contribution is 1.85. The van der Waals surface area contributed by atoms with E-state index in [4.69, 9.17) is 0 Å². The smallest absolute Gasteiger partial charge is 0.115 e. The van der Waals surface area contributed by atoms with Gasteiger partial charge < -0.3 is 4.74 Å². The van der Waals surface area contributed by atoms with Crippen molar-refractivity contribution in [1.82, 2.24) is 9.97 Å². The van der Waals surface area contributed by atoms with E-state index in [9.17, 15) is 0 Å². The second-order valence-electron chi connectivity index (χ2n) is 2.03. The summed E-state index contributed by atoms with van der Waals surface area (Å²) in [7, 11) is 0. The van der Waals surface area contributed by atoms with Crippen LogP contribution in [0.2, 0.25) is 0 Å². The first-order valence-electron chi connectivity index (χ1n) is 4.19. The Morgan fingerprint density at radius 2 is 1.58 bits per heavy atom. The minimum atomic E-state index is 1.00. The van der Waals surface area contributed by atoms with Gasteiger partial charge in [0.2, 0.25) is 0 Å². The highest BCUT2D eigenvalue weighted by molar-refractivity contribution is 4.96. The molecule has 0 N–H and O–H groups in total. The van der Waals surface area contributed by atoms with E-state index in [0.717, 1.165) is 18.8 Å². The fourth-order valence-corrected chi connectivity index (χ4v) is 0.374. The lowest BCUT2D eigenvalue weighted by molar-refractivity contribution is 0.475. The lowest BCUT2D eigenvalue weighted by atomic mass is 10.4. The van der Waals surface area contributed by atoms with Gasteiger partial charge in [-0.05, 0) is 12.5 Å². The number of ether oxygens (including phenoxy) is 1. The van der Waals surface area contributed by atoms with Crippen molar-refractivity contribution in [2.45, 2.75) is 20.8 Å². The quantitative estimate of drug-likeness (QED) is 0.555. The van der Waals surface area contributed by atoms with Crippen LogP contribution in [0.3, 0.4) is 0 Å². The van der Waals surface area contributed by atoms with E-state index in [1.807, 2.05) is 20.8 Å². The fraction of sp³-hybridized carbons (Fsp3) is 0.556. The Labute approximate surface area is 73.8 Å². The largest absolute Gasteiger partial charge is 0.377 e. The van der Waals surface area contributed by atoms with Gasteiger partial charge in [0.1, 0.15) is 6.33 Å². The van der Waals surface area contributed by atoms with Crippen molar-refractivity contribution in [2.24, 2.45) is 0 Å². The average molecular weight is 168 g/mol. The molecule has 0 aromatic carbocycles. The molecule has 0 saturated carbocycles. The molecule has 3 nitrogen and oxygen atoms in total. The molecule has 0 amide bonds. The molecule has 12 heavy (non-hydrogen) atoms. The van der Waals surface area contributed by atoms with Crippen LogP contribution in [0, 0.1) is 6.92 Å². The summed E-state index contributed by atoms with van der Waals surface area (Å²) in [6.07, 6.45) is 5.06. The molecule has 1 aromatic heterocycles. The van der Waals surface area contributed by atoms with Crippen molar-refractivity contribution in [1.29, 1.82) is 0 Å². The van der Waals surface area contributed by atoms with Gasteiger partial charge in [-0.2, -0.15) is 0 Å². The molecule has 0 atom stereocenters. The second kappa shape index (κ2) is 8.14. The first-order chi connectivity index (χ1) is 5.89. The number of hydrogen-bond acceptors (Lipinski definition) is 3. The maximum atomic E-state index is 4.50. The Morgan fingerprint density at radius 3 is 1.75 bits per heavy atom.